The molecule has 3 aliphatic heterocycles. The van der Waals surface area contributed by atoms with Crippen LogP contribution in [0, 0.1) is 17.8 Å². The van der Waals surface area contributed by atoms with E-state index in [0.29, 0.717) is 5.91 Å². The van der Waals surface area contributed by atoms with Crippen LogP contribution in [0.2, 0.25) is 0 Å². The van der Waals surface area contributed by atoms with Crippen LogP contribution < -0.4 is 0 Å². The van der Waals surface area contributed by atoms with Crippen LogP contribution in [0.3, 0.4) is 0 Å². The second-order valence-corrected chi connectivity index (χ2v) is 9.79. The average molecular weight is 423 g/mol. The van der Waals surface area contributed by atoms with E-state index in [-0.39, 0.29) is 10.8 Å². The topological polar surface area (TPSA) is 52.8 Å². The molecule has 166 valence electrons. The maximum atomic E-state index is 13.7. The van der Waals surface area contributed by atoms with Crippen LogP contribution in [0.15, 0.2) is 41.1 Å². The van der Waals surface area contributed by atoms with Crippen LogP contribution in [0.25, 0.3) is 0 Å². The molecule has 3 fully saturated rings. The van der Waals surface area contributed by atoms with Crippen LogP contribution in [-0.2, 0) is 17.9 Å². The molecule has 3 aliphatic rings. The summed E-state index contributed by atoms with van der Waals surface area (Å²) in [6.07, 6.45) is 6.95. The minimum Gasteiger partial charge on any atom is -0.465 e. The zero-order valence-corrected chi connectivity index (χ0v) is 18.8. The predicted molar refractivity (Wildman–Crippen MR) is 119 cm³/mol. The molecule has 2 spiro atoms. The molecule has 0 N–H and O–H groups in total. The van der Waals surface area contributed by atoms with Gasteiger partial charge in [-0.2, -0.15) is 0 Å². The van der Waals surface area contributed by atoms with Crippen molar-refractivity contribution < 1.29 is 9.21 Å². The van der Waals surface area contributed by atoms with E-state index in [9.17, 15) is 4.79 Å². The summed E-state index contributed by atoms with van der Waals surface area (Å²) in [6.45, 7) is 11.5. The van der Waals surface area contributed by atoms with Crippen molar-refractivity contribution in [1.82, 2.24) is 19.7 Å². The fourth-order valence-electron chi connectivity index (χ4n) is 6.39. The number of hydrogen-bond donors (Lipinski definition) is 0. The van der Waals surface area contributed by atoms with Crippen molar-refractivity contribution in [2.75, 3.05) is 39.3 Å². The molecule has 2 aromatic rings. The lowest BCUT2D eigenvalue weighted by Gasteiger charge is -2.47. The summed E-state index contributed by atoms with van der Waals surface area (Å²) in [5.74, 6) is 2.42. The second-order valence-electron chi connectivity index (χ2n) is 9.79. The number of carbonyl (C=O) groups excluding carboxylic acids is 1. The van der Waals surface area contributed by atoms with Crippen molar-refractivity contribution >= 4 is 5.91 Å². The van der Waals surface area contributed by atoms with Crippen molar-refractivity contribution in [2.24, 2.45) is 10.8 Å². The number of nitrogens with zero attached hydrogens (tertiary/aromatic N) is 4. The number of fused-ring (bicyclic) bond motifs is 1. The number of likely N-dealkylation sites (tertiary alicyclic amines) is 3. The Labute approximate surface area is 185 Å². The van der Waals surface area contributed by atoms with Gasteiger partial charge >= 0.3 is 0 Å². The zero-order chi connectivity index (χ0) is 21.5. The first kappa shape index (κ1) is 20.7. The molecule has 1 amide bonds. The van der Waals surface area contributed by atoms with Gasteiger partial charge in [0.05, 0.1) is 12.0 Å². The lowest BCUT2D eigenvalue weighted by molar-refractivity contribution is -0.142. The zero-order valence-electron chi connectivity index (χ0n) is 18.8. The van der Waals surface area contributed by atoms with Crippen molar-refractivity contribution in [2.45, 2.75) is 46.2 Å². The summed E-state index contributed by atoms with van der Waals surface area (Å²) < 4.78 is 5.81. The Morgan fingerprint density at radius 1 is 1.03 bits per heavy atom. The molecule has 6 nitrogen and oxygen atoms in total. The fraction of sp³-hybridized carbons (Fsp3) is 0.600. The smallest absolute Gasteiger partial charge is 0.230 e. The summed E-state index contributed by atoms with van der Waals surface area (Å²) in [7, 11) is 0. The van der Waals surface area contributed by atoms with E-state index >= 15 is 0 Å². The normalized spacial score (nSPS) is 26.5. The van der Waals surface area contributed by atoms with E-state index < -0.39 is 0 Å². The molecule has 0 radical (unpaired) electrons. The number of aryl methyl sites for hydroxylation is 1. The van der Waals surface area contributed by atoms with Gasteiger partial charge in [0, 0.05) is 50.5 Å². The minimum absolute atomic E-state index is 0.0752. The van der Waals surface area contributed by atoms with E-state index in [0.717, 1.165) is 83.1 Å². The molecule has 3 saturated heterocycles. The van der Waals surface area contributed by atoms with Gasteiger partial charge in [0.25, 0.3) is 0 Å². The monoisotopic (exact) mass is 422 g/mol. The summed E-state index contributed by atoms with van der Waals surface area (Å²) in [4.78, 5) is 25.1. The first-order chi connectivity index (χ1) is 15.0. The van der Waals surface area contributed by atoms with Gasteiger partial charge in [0.2, 0.25) is 5.91 Å². The van der Waals surface area contributed by atoms with Gasteiger partial charge < -0.3 is 9.32 Å². The van der Waals surface area contributed by atoms with Gasteiger partial charge in [-0.05, 0) is 70.0 Å². The third-order valence-electron chi connectivity index (χ3n) is 8.04. The van der Waals surface area contributed by atoms with Crippen LogP contribution in [0.1, 0.15) is 43.3 Å². The van der Waals surface area contributed by atoms with Gasteiger partial charge in [0.1, 0.15) is 11.5 Å². The molecule has 0 aromatic carbocycles. The maximum absolute atomic E-state index is 13.7. The molecule has 0 unspecified atom stereocenters. The Bertz CT molecular complexity index is 919. The van der Waals surface area contributed by atoms with Crippen LogP contribution in [-0.4, -0.2) is 64.9 Å². The van der Waals surface area contributed by atoms with Gasteiger partial charge in [-0.1, -0.05) is 6.07 Å². The Balaban J connectivity index is 1.35. The van der Waals surface area contributed by atoms with E-state index in [1.165, 1.54) is 5.56 Å². The van der Waals surface area contributed by atoms with Crippen molar-refractivity contribution in [3.63, 3.8) is 0 Å². The molecule has 0 bridgehead atoms. The SMILES string of the molecule is CCN1CC[C@]2(CN(Cc3cccnc3)CC23CCN(Cc2ccc(C)o2)CC3)C1=O. The van der Waals surface area contributed by atoms with Crippen LogP contribution in [0.4, 0.5) is 0 Å². The first-order valence-electron chi connectivity index (χ1n) is 11.7. The van der Waals surface area contributed by atoms with Gasteiger partial charge in [0.15, 0.2) is 0 Å². The van der Waals surface area contributed by atoms with Crippen molar-refractivity contribution in [3.8, 4) is 0 Å². The van der Waals surface area contributed by atoms with E-state index in [4.69, 9.17) is 4.42 Å². The number of amides is 1. The van der Waals surface area contributed by atoms with Gasteiger partial charge in [-0.3, -0.25) is 19.6 Å². The average Bonchev–Trinajstić information content (AvgIpc) is 3.42. The first-order valence-corrected chi connectivity index (χ1v) is 11.7. The number of pyridine rings is 1. The largest absolute Gasteiger partial charge is 0.465 e. The number of furan rings is 1. The molecule has 31 heavy (non-hydrogen) atoms. The molecule has 0 aliphatic carbocycles. The molecular weight excluding hydrogens is 388 g/mol. The highest BCUT2D eigenvalue weighted by molar-refractivity contribution is 5.86. The summed E-state index contributed by atoms with van der Waals surface area (Å²) in [6, 6.07) is 8.28. The second kappa shape index (κ2) is 8.06. The predicted octanol–water partition coefficient (Wildman–Crippen LogP) is 3.32. The summed E-state index contributed by atoms with van der Waals surface area (Å²) >= 11 is 0. The summed E-state index contributed by atoms with van der Waals surface area (Å²) in [5.41, 5.74) is 1.09. The Kier molecular flexibility index (Phi) is 5.39. The third-order valence-corrected chi connectivity index (χ3v) is 8.04. The minimum atomic E-state index is -0.224. The van der Waals surface area contributed by atoms with Crippen LogP contribution in [0.5, 0.6) is 0 Å². The van der Waals surface area contributed by atoms with E-state index in [1.807, 2.05) is 31.5 Å². The third kappa shape index (κ3) is 3.60. The Hall–Kier alpha value is -2.18. The molecule has 1 atom stereocenters. The highest BCUT2D eigenvalue weighted by Crippen LogP contribution is 2.58. The number of carbonyl (C=O) groups is 1. The number of piperidine rings is 1. The quantitative estimate of drug-likeness (QED) is 0.740. The molecule has 6 heteroatoms. The van der Waals surface area contributed by atoms with Crippen LogP contribution >= 0.6 is 0 Å². The highest BCUT2D eigenvalue weighted by Gasteiger charge is 2.64. The standard InChI is InChI=1S/C25H34N4O2/c1-3-29-14-10-25(23(29)30)19-28(16-21-5-4-11-26-15-21)18-24(25)8-12-27(13-9-24)17-22-7-6-20(2)31-22/h4-7,11,15H,3,8-10,12-14,16-19H2,1-2H3/t25-/m0/s1. The fourth-order valence-corrected chi connectivity index (χ4v) is 6.39. The number of aromatic nitrogens is 1. The van der Waals surface area contributed by atoms with E-state index in [1.54, 1.807) is 0 Å². The summed E-state index contributed by atoms with van der Waals surface area (Å²) in [5, 5.41) is 0. The molecular formula is C25H34N4O2. The van der Waals surface area contributed by atoms with Crippen molar-refractivity contribution in [1.29, 1.82) is 0 Å². The molecule has 5 rings (SSSR count). The van der Waals surface area contributed by atoms with Gasteiger partial charge in [-0.25, -0.2) is 0 Å². The lowest BCUT2D eigenvalue weighted by atomic mass is 9.60. The Morgan fingerprint density at radius 2 is 1.87 bits per heavy atom. The Morgan fingerprint density at radius 3 is 2.52 bits per heavy atom. The molecule has 2 aromatic heterocycles. The van der Waals surface area contributed by atoms with E-state index in [2.05, 4.69) is 38.7 Å². The van der Waals surface area contributed by atoms with Crippen molar-refractivity contribution in [3.05, 3.63) is 53.7 Å². The number of rotatable bonds is 5. The number of hydrogen-bond acceptors (Lipinski definition) is 5. The highest BCUT2D eigenvalue weighted by atomic mass is 16.3. The molecule has 5 heterocycles. The maximum Gasteiger partial charge on any atom is 0.230 e. The molecule has 0 saturated carbocycles. The van der Waals surface area contributed by atoms with Gasteiger partial charge in [-0.15, -0.1) is 0 Å². The lowest BCUT2D eigenvalue weighted by Crippen LogP contribution is -2.52.